The Labute approximate surface area is 201 Å². The van der Waals surface area contributed by atoms with E-state index in [-0.39, 0.29) is 22.6 Å². The number of carboxylic acid groups (broad SMARTS) is 1. The molecule has 2 aromatic rings. The van der Waals surface area contributed by atoms with Crippen LogP contribution in [0.5, 0.6) is 0 Å². The number of fused-ring (bicyclic) bond motifs is 1. The van der Waals surface area contributed by atoms with Crippen LogP contribution in [0.25, 0.3) is 0 Å². The molecule has 12 heteroatoms. The van der Waals surface area contributed by atoms with Gasteiger partial charge < -0.3 is 20.6 Å². The van der Waals surface area contributed by atoms with Crippen LogP contribution in [0.3, 0.4) is 0 Å². The number of rotatable bonds is 7. The Bertz CT molecular complexity index is 1130. The predicted molar refractivity (Wildman–Crippen MR) is 122 cm³/mol. The highest BCUT2D eigenvalue weighted by molar-refractivity contribution is 8.01. The quantitative estimate of drug-likeness (QED) is 0.250. The fraction of sp³-hybridized carbons (Fsp3) is 0.238. The SMILES string of the molecule is O=C(O)C1=C(C(O)Sc2ccccn2)CS[C@H]2C(NC(=O)C(O)c3cccc(Cl)c3)C(=O)N12. The molecule has 4 atom stereocenters. The van der Waals surface area contributed by atoms with Crippen LogP contribution in [0.15, 0.2) is 65.0 Å². The number of thioether (sulfide) groups is 2. The number of amides is 2. The molecule has 1 saturated heterocycles. The van der Waals surface area contributed by atoms with E-state index >= 15 is 0 Å². The Kier molecular flexibility index (Phi) is 6.96. The van der Waals surface area contributed by atoms with E-state index in [4.69, 9.17) is 11.6 Å². The molecule has 0 aliphatic carbocycles. The Morgan fingerprint density at radius 3 is 2.70 bits per heavy atom. The van der Waals surface area contributed by atoms with Gasteiger partial charge >= 0.3 is 5.97 Å². The zero-order chi connectivity index (χ0) is 23.7. The van der Waals surface area contributed by atoms with Gasteiger partial charge in [0.1, 0.15) is 22.5 Å². The number of carbonyl (C=O) groups is 3. The molecule has 1 aromatic heterocycles. The molecular weight excluding hydrogens is 490 g/mol. The lowest BCUT2D eigenvalue weighted by Gasteiger charge is -2.49. The van der Waals surface area contributed by atoms with Crippen molar-refractivity contribution in [1.82, 2.24) is 15.2 Å². The van der Waals surface area contributed by atoms with Crippen LogP contribution in [0, 0.1) is 0 Å². The summed E-state index contributed by atoms with van der Waals surface area (Å²) in [6.07, 6.45) is 0.0119. The highest BCUT2D eigenvalue weighted by Crippen LogP contribution is 2.43. The molecule has 1 aromatic carbocycles. The maximum atomic E-state index is 12.8. The Morgan fingerprint density at radius 1 is 1.24 bits per heavy atom. The largest absolute Gasteiger partial charge is 0.477 e. The van der Waals surface area contributed by atoms with E-state index in [0.717, 1.165) is 16.7 Å². The third-order valence-corrected chi connectivity index (χ3v) is 7.61. The molecule has 9 nitrogen and oxygen atoms in total. The molecule has 0 radical (unpaired) electrons. The highest BCUT2D eigenvalue weighted by atomic mass is 35.5. The fourth-order valence-electron chi connectivity index (χ4n) is 3.49. The zero-order valence-electron chi connectivity index (χ0n) is 16.8. The lowest BCUT2D eigenvalue weighted by atomic mass is 10.0. The maximum Gasteiger partial charge on any atom is 0.352 e. The third kappa shape index (κ3) is 4.73. The molecule has 2 amide bonds. The van der Waals surface area contributed by atoms with E-state index in [1.807, 2.05) is 0 Å². The molecule has 0 spiro atoms. The number of pyridine rings is 1. The Hall–Kier alpha value is -2.57. The van der Waals surface area contributed by atoms with Gasteiger partial charge in [-0.15, -0.1) is 11.8 Å². The summed E-state index contributed by atoms with van der Waals surface area (Å²) in [4.78, 5) is 42.4. The Morgan fingerprint density at radius 2 is 2.03 bits per heavy atom. The van der Waals surface area contributed by atoms with Gasteiger partial charge in [0.2, 0.25) is 0 Å². The average molecular weight is 508 g/mol. The second kappa shape index (κ2) is 9.74. The smallest absolute Gasteiger partial charge is 0.352 e. The second-order valence-corrected chi connectivity index (χ2v) is 9.81. The fourth-order valence-corrected chi connectivity index (χ4v) is 6.02. The lowest BCUT2D eigenvalue weighted by molar-refractivity contribution is -0.151. The van der Waals surface area contributed by atoms with Gasteiger partial charge in [-0.1, -0.05) is 41.6 Å². The summed E-state index contributed by atoms with van der Waals surface area (Å²) < 4.78 is 0. The lowest BCUT2D eigenvalue weighted by Crippen LogP contribution is -2.71. The van der Waals surface area contributed by atoms with Crippen molar-refractivity contribution in [3.8, 4) is 0 Å². The van der Waals surface area contributed by atoms with Crippen LogP contribution in [0.1, 0.15) is 11.7 Å². The molecule has 3 heterocycles. The normalized spacial score (nSPS) is 21.7. The predicted octanol–water partition coefficient (Wildman–Crippen LogP) is 1.62. The van der Waals surface area contributed by atoms with Gasteiger partial charge in [-0.3, -0.25) is 14.5 Å². The first-order chi connectivity index (χ1) is 15.8. The number of carboxylic acids is 1. The number of carbonyl (C=O) groups excluding carboxylic acids is 2. The number of benzene rings is 1. The number of hydrogen-bond donors (Lipinski definition) is 4. The van der Waals surface area contributed by atoms with Gasteiger partial charge in [-0.05, 0) is 29.8 Å². The van der Waals surface area contributed by atoms with Gasteiger partial charge in [0.15, 0.2) is 6.10 Å². The third-order valence-electron chi connectivity index (χ3n) is 5.08. The van der Waals surface area contributed by atoms with E-state index in [9.17, 15) is 29.7 Å². The van der Waals surface area contributed by atoms with E-state index < -0.39 is 40.7 Å². The van der Waals surface area contributed by atoms with Gasteiger partial charge in [-0.25, -0.2) is 9.78 Å². The average Bonchev–Trinajstić information content (AvgIpc) is 2.81. The summed E-state index contributed by atoms with van der Waals surface area (Å²) in [5, 5.41) is 33.4. The minimum Gasteiger partial charge on any atom is -0.477 e. The minimum atomic E-state index is -1.54. The van der Waals surface area contributed by atoms with Gasteiger partial charge in [0, 0.05) is 22.5 Å². The van der Waals surface area contributed by atoms with Crippen molar-refractivity contribution in [3.63, 3.8) is 0 Å². The van der Waals surface area contributed by atoms with Crippen molar-refractivity contribution in [2.24, 2.45) is 0 Å². The van der Waals surface area contributed by atoms with Crippen LogP contribution >= 0.6 is 35.1 Å². The Balaban J connectivity index is 1.49. The molecule has 2 aliphatic rings. The van der Waals surface area contributed by atoms with Gasteiger partial charge in [0.25, 0.3) is 11.8 Å². The summed E-state index contributed by atoms with van der Waals surface area (Å²) >= 11 is 8.08. The number of hydrogen-bond acceptors (Lipinski definition) is 8. The van der Waals surface area contributed by atoms with Crippen molar-refractivity contribution in [2.45, 2.75) is 28.0 Å². The monoisotopic (exact) mass is 507 g/mol. The van der Waals surface area contributed by atoms with Crippen molar-refractivity contribution in [3.05, 3.63) is 70.5 Å². The summed E-state index contributed by atoms with van der Waals surface area (Å²) in [5.41, 5.74) is -1.08. The summed E-state index contributed by atoms with van der Waals surface area (Å²) in [6.45, 7) is 0. The van der Waals surface area contributed by atoms with E-state index in [2.05, 4.69) is 10.3 Å². The van der Waals surface area contributed by atoms with Crippen LogP contribution in [0.4, 0.5) is 0 Å². The molecule has 4 N–H and O–H groups in total. The molecule has 3 unspecified atom stereocenters. The summed E-state index contributed by atoms with van der Waals surface area (Å²) in [6, 6.07) is 10.3. The van der Waals surface area contributed by atoms with Crippen molar-refractivity contribution in [2.75, 3.05) is 5.75 Å². The molecule has 4 rings (SSSR count). The first-order valence-corrected chi connectivity index (χ1v) is 12.0. The minimum absolute atomic E-state index is 0.139. The van der Waals surface area contributed by atoms with Crippen LogP contribution < -0.4 is 5.32 Å². The van der Waals surface area contributed by atoms with E-state index in [1.54, 1.807) is 36.5 Å². The summed E-state index contributed by atoms with van der Waals surface area (Å²) in [5.74, 6) is -2.65. The number of halogens is 1. The van der Waals surface area contributed by atoms with E-state index in [0.29, 0.717) is 10.0 Å². The number of aliphatic hydroxyl groups is 2. The molecular formula is C21H18ClN3O6S2. The number of nitrogens with one attached hydrogen (secondary N) is 1. The highest BCUT2D eigenvalue weighted by Gasteiger charge is 2.55. The first kappa shape index (κ1) is 23.6. The summed E-state index contributed by atoms with van der Waals surface area (Å²) in [7, 11) is 0. The maximum absolute atomic E-state index is 12.8. The number of aromatic nitrogens is 1. The molecule has 1 fully saturated rings. The standard InChI is InChI=1S/C21H18ClN3O6S2/c22-11-5-3-4-10(8-11)16(26)17(27)24-14-18(28)25-15(20(29)30)12(9-32-19(14)25)21(31)33-13-6-1-2-7-23-13/h1-8,14,16,19,21,26,31H,9H2,(H,24,27)(H,29,30)/t14?,16?,19-,21?/m0/s1. The molecule has 2 aliphatic heterocycles. The molecule has 0 saturated carbocycles. The van der Waals surface area contributed by atoms with Crippen molar-refractivity contribution in [1.29, 1.82) is 0 Å². The molecule has 172 valence electrons. The topological polar surface area (TPSA) is 140 Å². The van der Waals surface area contributed by atoms with E-state index in [1.165, 1.54) is 23.9 Å². The number of nitrogens with zero attached hydrogens (tertiary/aromatic N) is 2. The van der Waals surface area contributed by atoms with Crippen LogP contribution in [-0.4, -0.2) is 65.6 Å². The number of aliphatic carboxylic acids is 1. The van der Waals surface area contributed by atoms with Crippen LogP contribution in [0.2, 0.25) is 5.02 Å². The van der Waals surface area contributed by atoms with Gasteiger partial charge in [0.05, 0.1) is 5.03 Å². The number of β-lactam (4-membered cyclic amide) rings is 1. The van der Waals surface area contributed by atoms with Gasteiger partial charge in [-0.2, -0.15) is 0 Å². The van der Waals surface area contributed by atoms with Crippen molar-refractivity contribution >= 4 is 52.9 Å². The first-order valence-electron chi connectivity index (χ1n) is 9.68. The second-order valence-electron chi connectivity index (χ2n) is 7.17. The number of aliphatic hydroxyl groups excluding tert-OH is 2. The molecule has 0 bridgehead atoms. The van der Waals surface area contributed by atoms with Crippen molar-refractivity contribution < 1.29 is 29.7 Å². The molecule has 33 heavy (non-hydrogen) atoms. The zero-order valence-corrected chi connectivity index (χ0v) is 19.2. The van der Waals surface area contributed by atoms with Crippen LogP contribution in [-0.2, 0) is 14.4 Å².